The number of nitrogens with zero attached hydrogens (tertiary/aromatic N) is 7. The first kappa shape index (κ1) is 27.4. The Morgan fingerprint density at radius 3 is 2.73 bits per heavy atom. The number of nitrogens with one attached hydrogen (secondary N) is 2. The van der Waals surface area contributed by atoms with E-state index in [4.69, 9.17) is 24.0 Å². The largest absolute Gasteiger partial charge is 0.457 e. The second-order valence-corrected chi connectivity index (χ2v) is 9.41. The summed E-state index contributed by atoms with van der Waals surface area (Å²) in [5, 5.41) is 21.7. The van der Waals surface area contributed by atoms with E-state index in [1.165, 1.54) is 6.33 Å². The summed E-state index contributed by atoms with van der Waals surface area (Å²) < 4.78 is 18.4. The molecule has 5 heterocycles. The van der Waals surface area contributed by atoms with Gasteiger partial charge in [0.05, 0.1) is 6.33 Å². The van der Waals surface area contributed by atoms with E-state index in [-0.39, 0.29) is 18.4 Å². The van der Waals surface area contributed by atoms with Gasteiger partial charge >= 0.3 is 0 Å². The maximum Gasteiger partial charge on any atom is 0.293 e. The van der Waals surface area contributed by atoms with Crippen LogP contribution < -0.4 is 10.6 Å². The summed E-state index contributed by atoms with van der Waals surface area (Å²) in [5.74, 6) is 1.51. The molecule has 1 aliphatic heterocycles. The number of aromatic nitrogens is 7. The predicted octanol–water partition coefficient (Wildman–Crippen LogP) is 2.59. The molecule has 0 aromatic carbocycles. The second kappa shape index (κ2) is 12.3. The summed E-state index contributed by atoms with van der Waals surface area (Å²) in [6, 6.07) is 5.95. The van der Waals surface area contributed by atoms with Crippen molar-refractivity contribution in [3.8, 4) is 0 Å². The number of anilines is 2. The monoisotopic (exact) mass is 551 g/mol. The third-order valence-electron chi connectivity index (χ3n) is 6.88. The minimum absolute atomic E-state index is 0.0957. The van der Waals surface area contributed by atoms with Gasteiger partial charge < -0.3 is 29.7 Å². The number of aryl methyl sites for hydroxylation is 1. The van der Waals surface area contributed by atoms with Crippen molar-refractivity contribution in [3.63, 3.8) is 0 Å². The van der Waals surface area contributed by atoms with E-state index in [2.05, 4.69) is 44.6 Å². The lowest BCUT2D eigenvalue weighted by Crippen LogP contribution is -2.32. The Balaban J connectivity index is 1.49. The quantitative estimate of drug-likeness (QED) is 0.207. The fraction of sp³-hybridized carbons (Fsp3) is 0.500. The number of aliphatic hydroxyl groups is 1. The highest BCUT2D eigenvalue weighted by Crippen LogP contribution is 2.41. The molecule has 0 spiro atoms. The van der Waals surface area contributed by atoms with Crippen LogP contribution in [0.15, 0.2) is 35.2 Å². The molecule has 0 bridgehead atoms. The highest BCUT2D eigenvalue weighted by molar-refractivity contribution is 5.84. The van der Waals surface area contributed by atoms with E-state index in [1.54, 1.807) is 10.8 Å². The molecule has 212 valence electrons. The molecule has 1 aliphatic rings. The van der Waals surface area contributed by atoms with Gasteiger partial charge in [0.2, 0.25) is 5.95 Å². The van der Waals surface area contributed by atoms with Gasteiger partial charge in [0, 0.05) is 37.3 Å². The summed E-state index contributed by atoms with van der Waals surface area (Å²) in [5.41, 5.74) is 1.89. The number of carbonyl (C=O) groups excluding carboxylic acids is 1. The van der Waals surface area contributed by atoms with Crippen LogP contribution in [0.2, 0.25) is 0 Å². The standard InChI is InChI=1S/C26H33N9O5/c1-4-15(5-2)30-22-18-23(33-26(32-22)28-12-10-16-9-7-8-11-27-16)35(13-29-18)25-21(38-14-36)19(37)20(39-25)24-31-17(6-3)34-40-24/h7-9,11,13-15,19-21,25,37H,4-6,10,12H2,1-3H3,(H2,28,30,32,33)/t19-,20+,21-,25-/m1/s1. The van der Waals surface area contributed by atoms with E-state index in [9.17, 15) is 9.90 Å². The van der Waals surface area contributed by atoms with Crippen molar-refractivity contribution in [2.75, 3.05) is 17.2 Å². The molecule has 0 unspecified atom stereocenters. The van der Waals surface area contributed by atoms with Crippen LogP contribution in [0.4, 0.5) is 11.8 Å². The van der Waals surface area contributed by atoms with Gasteiger partial charge in [-0.15, -0.1) is 0 Å². The number of hydrogen-bond donors (Lipinski definition) is 3. The Kier molecular flexibility index (Phi) is 8.45. The highest BCUT2D eigenvalue weighted by Gasteiger charge is 2.50. The van der Waals surface area contributed by atoms with Crippen molar-refractivity contribution < 1.29 is 23.9 Å². The Labute approximate surface area is 230 Å². The summed E-state index contributed by atoms with van der Waals surface area (Å²) in [7, 11) is 0. The van der Waals surface area contributed by atoms with Gasteiger partial charge in [-0.05, 0) is 25.0 Å². The number of hydrogen-bond acceptors (Lipinski definition) is 13. The molecule has 0 radical (unpaired) electrons. The number of pyridine rings is 1. The van der Waals surface area contributed by atoms with Gasteiger partial charge in [-0.3, -0.25) is 14.3 Å². The summed E-state index contributed by atoms with van der Waals surface area (Å²) in [4.78, 5) is 34.1. The van der Waals surface area contributed by atoms with Crippen LogP contribution in [0.5, 0.6) is 0 Å². The van der Waals surface area contributed by atoms with Crippen LogP contribution in [-0.4, -0.2) is 71.0 Å². The van der Waals surface area contributed by atoms with E-state index >= 15 is 0 Å². The molecule has 3 N–H and O–H groups in total. The van der Waals surface area contributed by atoms with Gasteiger partial charge in [-0.1, -0.05) is 32.0 Å². The van der Waals surface area contributed by atoms with Crippen molar-refractivity contribution in [1.82, 2.24) is 34.6 Å². The van der Waals surface area contributed by atoms with Crippen LogP contribution in [0.25, 0.3) is 11.2 Å². The third-order valence-corrected chi connectivity index (χ3v) is 6.88. The van der Waals surface area contributed by atoms with Crippen LogP contribution in [0, 0.1) is 0 Å². The summed E-state index contributed by atoms with van der Waals surface area (Å²) >= 11 is 0. The average molecular weight is 552 g/mol. The zero-order chi connectivity index (χ0) is 28.1. The molecule has 0 amide bonds. The average Bonchev–Trinajstić information content (AvgIpc) is 3.70. The van der Waals surface area contributed by atoms with Gasteiger partial charge in [-0.25, -0.2) is 4.98 Å². The van der Waals surface area contributed by atoms with E-state index in [0.29, 0.717) is 48.1 Å². The van der Waals surface area contributed by atoms with E-state index < -0.39 is 24.5 Å². The van der Waals surface area contributed by atoms with Crippen molar-refractivity contribution in [2.24, 2.45) is 0 Å². The zero-order valence-electron chi connectivity index (χ0n) is 22.6. The molecular formula is C26H33N9O5. The maximum absolute atomic E-state index is 11.4. The molecule has 14 heteroatoms. The number of imidazole rings is 1. The molecule has 4 aromatic rings. The topological polar surface area (TPSA) is 175 Å². The Hall–Kier alpha value is -4.17. The molecule has 5 rings (SSSR count). The van der Waals surface area contributed by atoms with E-state index in [0.717, 1.165) is 18.5 Å². The predicted molar refractivity (Wildman–Crippen MR) is 143 cm³/mol. The van der Waals surface area contributed by atoms with Crippen LogP contribution in [0.1, 0.15) is 63.4 Å². The molecule has 40 heavy (non-hydrogen) atoms. The normalized spacial score (nSPS) is 20.7. The van der Waals surface area contributed by atoms with Crippen molar-refractivity contribution in [3.05, 3.63) is 48.1 Å². The Bertz CT molecular complexity index is 1410. The van der Waals surface area contributed by atoms with Crippen LogP contribution in [0.3, 0.4) is 0 Å². The van der Waals surface area contributed by atoms with Crippen molar-refractivity contribution in [1.29, 1.82) is 0 Å². The SMILES string of the molecule is CCc1noc([C@H]2O[C@@H](n3cnc4c(NC(CC)CC)nc(NCCc5ccccn5)nc43)[C@H](OC=O)[C@@H]2O)n1. The van der Waals surface area contributed by atoms with Gasteiger partial charge in [0.15, 0.2) is 41.2 Å². The third kappa shape index (κ3) is 5.58. The van der Waals surface area contributed by atoms with Gasteiger partial charge in [0.25, 0.3) is 12.4 Å². The molecule has 0 saturated carbocycles. The number of carbonyl (C=O) groups is 1. The number of fused-ring (bicyclic) bond motifs is 1. The minimum Gasteiger partial charge on any atom is -0.457 e. The van der Waals surface area contributed by atoms with Crippen molar-refractivity contribution >= 4 is 29.4 Å². The maximum atomic E-state index is 11.4. The number of rotatable bonds is 13. The molecule has 4 atom stereocenters. The first-order chi connectivity index (χ1) is 19.6. The Morgan fingerprint density at radius 1 is 1.18 bits per heavy atom. The van der Waals surface area contributed by atoms with E-state index in [1.807, 2.05) is 25.1 Å². The Morgan fingerprint density at radius 2 is 2.02 bits per heavy atom. The van der Waals surface area contributed by atoms with Gasteiger partial charge in [0.1, 0.15) is 6.10 Å². The fourth-order valence-electron chi connectivity index (χ4n) is 4.63. The van der Waals surface area contributed by atoms with Crippen LogP contribution in [-0.2, 0) is 27.1 Å². The molecule has 14 nitrogen and oxygen atoms in total. The molecule has 0 aliphatic carbocycles. The minimum atomic E-state index is -1.27. The fourth-order valence-corrected chi connectivity index (χ4v) is 4.63. The van der Waals surface area contributed by atoms with Crippen molar-refractivity contribution in [2.45, 2.75) is 77.0 Å². The number of ether oxygens (including phenoxy) is 2. The molecule has 4 aromatic heterocycles. The lowest BCUT2D eigenvalue weighted by molar-refractivity contribution is -0.142. The smallest absolute Gasteiger partial charge is 0.293 e. The highest BCUT2D eigenvalue weighted by atomic mass is 16.6. The lowest BCUT2D eigenvalue weighted by atomic mass is 10.1. The zero-order valence-corrected chi connectivity index (χ0v) is 22.6. The van der Waals surface area contributed by atoms with Gasteiger partial charge in [-0.2, -0.15) is 15.0 Å². The summed E-state index contributed by atoms with van der Waals surface area (Å²) in [6.45, 7) is 6.91. The first-order valence-corrected chi connectivity index (χ1v) is 13.5. The lowest BCUT2D eigenvalue weighted by Gasteiger charge is -2.20. The second-order valence-electron chi connectivity index (χ2n) is 9.41. The van der Waals surface area contributed by atoms with Crippen LogP contribution >= 0.6 is 0 Å². The number of aliphatic hydroxyl groups excluding tert-OH is 1. The first-order valence-electron chi connectivity index (χ1n) is 13.5. The molecular weight excluding hydrogens is 518 g/mol. The molecule has 1 saturated heterocycles. The molecule has 1 fully saturated rings. The summed E-state index contributed by atoms with van der Waals surface area (Å²) in [6.07, 6.45) is 1.97.